The van der Waals surface area contributed by atoms with Crippen LogP contribution in [-0.4, -0.2) is 13.7 Å². The Balaban J connectivity index is 2.46. The summed E-state index contributed by atoms with van der Waals surface area (Å²) < 4.78 is 20.2. The normalized spacial score (nSPS) is 13.2. The average molecular weight is 228 g/mol. The van der Waals surface area contributed by atoms with E-state index in [-0.39, 0.29) is 5.75 Å². The summed E-state index contributed by atoms with van der Waals surface area (Å²) in [5.74, 6) is 0.0826. The Morgan fingerprint density at radius 1 is 1.57 bits per heavy atom. The van der Waals surface area contributed by atoms with Crippen LogP contribution in [0.15, 0.2) is 18.2 Å². The minimum atomic E-state index is -1.83. The second kappa shape index (κ2) is 3.64. The highest BCUT2D eigenvalue weighted by Crippen LogP contribution is 2.24. The number of rotatable bonds is 2. The first-order valence-electron chi connectivity index (χ1n) is 3.87. The summed E-state index contributed by atoms with van der Waals surface area (Å²) in [6, 6.07) is 5.39. The number of nitrogens with zero attached hydrogens (tertiary/aromatic N) is 1. The Labute approximate surface area is 87.1 Å². The highest BCUT2D eigenvalue weighted by atomic mass is 32.2. The molecule has 0 radical (unpaired) electrons. The topological polar surface area (TPSA) is 76.2 Å². The molecule has 4 nitrogen and oxygen atoms in total. The quantitative estimate of drug-likeness (QED) is 0.604. The maximum atomic E-state index is 10.6. The molecule has 1 atom stereocenters. The monoisotopic (exact) mass is 228 g/mol. The average Bonchev–Trinajstić information content (AvgIpc) is 2.44. The molecule has 1 unspecified atom stereocenters. The number of hydrogen-bond donors (Lipinski definition) is 2. The first-order valence-corrected chi connectivity index (χ1v) is 5.97. The fraction of sp³-hybridized carbons (Fsp3) is 0.125. The molecule has 0 aliphatic heterocycles. The van der Waals surface area contributed by atoms with Crippen molar-refractivity contribution < 1.29 is 8.76 Å². The first kappa shape index (κ1) is 9.57. The van der Waals surface area contributed by atoms with Crippen molar-refractivity contribution in [3.05, 3.63) is 23.2 Å². The number of hydrogen-bond acceptors (Lipinski definition) is 4. The van der Waals surface area contributed by atoms with Crippen LogP contribution in [-0.2, 0) is 16.8 Å². The molecule has 0 saturated carbocycles. The zero-order chi connectivity index (χ0) is 10.1. The van der Waals surface area contributed by atoms with Crippen molar-refractivity contribution in [2.24, 2.45) is 0 Å². The Kier molecular flexibility index (Phi) is 2.49. The summed E-state index contributed by atoms with van der Waals surface area (Å²) in [6.45, 7) is 0. The summed E-state index contributed by atoms with van der Waals surface area (Å²) in [6.07, 6.45) is 0. The number of thiazole rings is 1. The van der Waals surface area contributed by atoms with Crippen LogP contribution in [0.2, 0.25) is 0 Å². The standard InChI is InChI=1S/C8H8N2O2S2/c9-5-1-2-6-7(3-5)13-8(10-6)4-14(11)12/h1-3H,4,9H2,(H,11,12). The lowest BCUT2D eigenvalue weighted by molar-refractivity contribution is 0.563. The van der Waals surface area contributed by atoms with E-state index in [1.54, 1.807) is 6.07 Å². The Morgan fingerprint density at radius 2 is 2.36 bits per heavy atom. The Hall–Kier alpha value is -0.980. The molecule has 74 valence electrons. The molecule has 1 aromatic heterocycles. The van der Waals surface area contributed by atoms with Crippen LogP contribution >= 0.6 is 11.3 Å². The molecule has 0 aliphatic carbocycles. The lowest BCUT2D eigenvalue weighted by Gasteiger charge is -1.89. The zero-order valence-corrected chi connectivity index (χ0v) is 8.77. The van der Waals surface area contributed by atoms with Gasteiger partial charge in [-0.15, -0.1) is 11.3 Å². The maximum absolute atomic E-state index is 10.6. The molecule has 0 spiro atoms. The number of nitrogen functional groups attached to an aromatic ring is 1. The maximum Gasteiger partial charge on any atom is 0.159 e. The van der Waals surface area contributed by atoms with Crippen molar-refractivity contribution >= 4 is 38.3 Å². The largest absolute Gasteiger partial charge is 0.399 e. The van der Waals surface area contributed by atoms with E-state index in [1.165, 1.54) is 11.3 Å². The van der Waals surface area contributed by atoms with Gasteiger partial charge < -0.3 is 10.3 Å². The number of benzene rings is 1. The van der Waals surface area contributed by atoms with Gasteiger partial charge in [-0.3, -0.25) is 0 Å². The van der Waals surface area contributed by atoms with E-state index in [2.05, 4.69) is 4.98 Å². The molecule has 0 amide bonds. The molecule has 1 heterocycles. The van der Waals surface area contributed by atoms with E-state index in [0.29, 0.717) is 10.7 Å². The van der Waals surface area contributed by atoms with Gasteiger partial charge >= 0.3 is 0 Å². The molecule has 3 N–H and O–H groups in total. The van der Waals surface area contributed by atoms with Gasteiger partial charge in [0, 0.05) is 5.69 Å². The minimum absolute atomic E-state index is 0.0826. The van der Waals surface area contributed by atoms with Crippen molar-refractivity contribution in [1.29, 1.82) is 0 Å². The fourth-order valence-corrected chi connectivity index (χ4v) is 2.78. The Bertz CT molecular complexity index is 495. The van der Waals surface area contributed by atoms with Crippen molar-refractivity contribution in [2.75, 3.05) is 5.73 Å². The second-order valence-corrected chi connectivity index (χ2v) is 4.85. The lowest BCUT2D eigenvalue weighted by atomic mass is 10.3. The molecular weight excluding hydrogens is 220 g/mol. The van der Waals surface area contributed by atoms with Crippen LogP contribution in [0.3, 0.4) is 0 Å². The SMILES string of the molecule is Nc1ccc2nc(CS(=O)O)sc2c1. The van der Waals surface area contributed by atoms with Gasteiger partial charge in [0.1, 0.15) is 10.8 Å². The molecule has 0 bridgehead atoms. The van der Waals surface area contributed by atoms with E-state index in [0.717, 1.165) is 10.2 Å². The minimum Gasteiger partial charge on any atom is -0.399 e. The van der Waals surface area contributed by atoms with Gasteiger partial charge in [0.15, 0.2) is 11.1 Å². The van der Waals surface area contributed by atoms with Crippen molar-refractivity contribution in [2.45, 2.75) is 5.75 Å². The molecule has 2 rings (SSSR count). The highest BCUT2D eigenvalue weighted by Gasteiger charge is 2.06. The zero-order valence-electron chi connectivity index (χ0n) is 7.14. The molecule has 0 fully saturated rings. The summed E-state index contributed by atoms with van der Waals surface area (Å²) in [4.78, 5) is 4.20. The van der Waals surface area contributed by atoms with Crippen molar-refractivity contribution in [1.82, 2.24) is 4.98 Å². The molecule has 14 heavy (non-hydrogen) atoms. The predicted octanol–water partition coefficient (Wildman–Crippen LogP) is 1.60. The van der Waals surface area contributed by atoms with Crippen LogP contribution in [0.5, 0.6) is 0 Å². The lowest BCUT2D eigenvalue weighted by Crippen LogP contribution is -1.90. The molecule has 1 aromatic carbocycles. The summed E-state index contributed by atoms with van der Waals surface area (Å²) >= 11 is -0.436. The predicted molar refractivity (Wildman–Crippen MR) is 58.5 cm³/mol. The van der Waals surface area contributed by atoms with Crippen LogP contribution < -0.4 is 5.73 Å². The van der Waals surface area contributed by atoms with E-state index >= 15 is 0 Å². The van der Waals surface area contributed by atoms with Crippen LogP contribution in [0, 0.1) is 0 Å². The molecular formula is C8H8N2O2S2. The van der Waals surface area contributed by atoms with Crippen LogP contribution in [0.1, 0.15) is 5.01 Å². The third-order valence-corrected chi connectivity index (χ3v) is 3.43. The summed E-state index contributed by atoms with van der Waals surface area (Å²) in [5, 5.41) is 0.659. The van der Waals surface area contributed by atoms with Gasteiger partial charge in [0.2, 0.25) is 0 Å². The van der Waals surface area contributed by atoms with Gasteiger partial charge in [-0.1, -0.05) is 0 Å². The number of fused-ring (bicyclic) bond motifs is 1. The van der Waals surface area contributed by atoms with Crippen LogP contribution in [0.4, 0.5) is 5.69 Å². The summed E-state index contributed by atoms with van der Waals surface area (Å²) in [7, 11) is 0. The van der Waals surface area contributed by atoms with E-state index in [9.17, 15) is 4.21 Å². The third kappa shape index (κ3) is 1.92. The highest BCUT2D eigenvalue weighted by molar-refractivity contribution is 7.78. The van der Waals surface area contributed by atoms with E-state index in [4.69, 9.17) is 10.3 Å². The molecule has 6 heteroatoms. The van der Waals surface area contributed by atoms with Gasteiger partial charge in [-0.25, -0.2) is 9.19 Å². The van der Waals surface area contributed by atoms with Crippen molar-refractivity contribution in [3.63, 3.8) is 0 Å². The van der Waals surface area contributed by atoms with Gasteiger partial charge in [0.05, 0.1) is 10.2 Å². The number of nitrogens with two attached hydrogens (primary N) is 1. The molecule has 0 saturated heterocycles. The second-order valence-electron chi connectivity index (χ2n) is 2.80. The van der Waals surface area contributed by atoms with Gasteiger partial charge in [-0.05, 0) is 18.2 Å². The number of aromatic nitrogens is 1. The van der Waals surface area contributed by atoms with E-state index in [1.807, 2.05) is 12.1 Å². The van der Waals surface area contributed by atoms with Crippen LogP contribution in [0.25, 0.3) is 10.2 Å². The van der Waals surface area contributed by atoms with Gasteiger partial charge in [-0.2, -0.15) is 0 Å². The summed E-state index contributed by atoms with van der Waals surface area (Å²) in [5.41, 5.74) is 7.11. The van der Waals surface area contributed by atoms with Crippen molar-refractivity contribution in [3.8, 4) is 0 Å². The molecule has 2 aromatic rings. The van der Waals surface area contributed by atoms with Gasteiger partial charge in [0.25, 0.3) is 0 Å². The van der Waals surface area contributed by atoms with E-state index < -0.39 is 11.1 Å². The smallest absolute Gasteiger partial charge is 0.159 e. The third-order valence-electron chi connectivity index (χ3n) is 1.70. The number of anilines is 1. The first-order chi connectivity index (χ1) is 6.65. The Morgan fingerprint density at radius 3 is 3.07 bits per heavy atom. The molecule has 0 aliphatic rings. The fourth-order valence-electron chi connectivity index (χ4n) is 1.16.